The van der Waals surface area contributed by atoms with E-state index >= 15 is 0 Å². The predicted octanol–water partition coefficient (Wildman–Crippen LogP) is 2.69. The first-order valence-corrected chi connectivity index (χ1v) is 9.61. The van der Waals surface area contributed by atoms with E-state index in [1.165, 1.54) is 22.9 Å². The van der Waals surface area contributed by atoms with Gasteiger partial charge in [0.25, 0.3) is 5.91 Å². The fourth-order valence-corrected chi connectivity index (χ4v) is 4.55. The van der Waals surface area contributed by atoms with Crippen molar-refractivity contribution in [2.75, 3.05) is 19.6 Å². The van der Waals surface area contributed by atoms with Crippen LogP contribution in [-0.2, 0) is 6.54 Å². The fraction of sp³-hybridized carbons (Fsp3) is 0.381. The lowest BCUT2D eigenvalue weighted by atomic mass is 9.94. The fourth-order valence-electron chi connectivity index (χ4n) is 4.55. The van der Waals surface area contributed by atoms with Crippen molar-refractivity contribution in [3.05, 3.63) is 60.3 Å². The third-order valence-corrected chi connectivity index (χ3v) is 5.90. The summed E-state index contributed by atoms with van der Waals surface area (Å²) in [7, 11) is 0. The van der Waals surface area contributed by atoms with E-state index in [2.05, 4.69) is 44.1 Å². The van der Waals surface area contributed by atoms with Crippen LogP contribution in [0.25, 0.3) is 10.9 Å². The summed E-state index contributed by atoms with van der Waals surface area (Å²) < 4.78 is 0. The van der Waals surface area contributed by atoms with Crippen molar-refractivity contribution in [1.29, 1.82) is 0 Å². The molecule has 0 saturated carbocycles. The lowest BCUT2D eigenvalue weighted by molar-refractivity contribution is 0.0729. The van der Waals surface area contributed by atoms with Crippen molar-refractivity contribution in [2.24, 2.45) is 5.92 Å². The molecule has 2 aromatic heterocycles. The number of nitrogens with zero attached hydrogens (tertiary/aromatic N) is 4. The van der Waals surface area contributed by atoms with E-state index in [0.29, 0.717) is 17.7 Å². The summed E-state index contributed by atoms with van der Waals surface area (Å²) in [6, 6.07) is 9.16. The molecular formula is C21H23N5O. The number of piperidine rings is 1. The van der Waals surface area contributed by atoms with Crippen molar-refractivity contribution in [2.45, 2.75) is 25.4 Å². The van der Waals surface area contributed by atoms with Gasteiger partial charge in [-0.15, -0.1) is 0 Å². The molecule has 0 aliphatic carbocycles. The number of carbonyl (C=O) groups excluding carboxylic acids is 1. The normalized spacial score (nSPS) is 22.9. The minimum Gasteiger partial charge on any atom is -0.361 e. The second-order valence-electron chi connectivity index (χ2n) is 7.73. The third-order valence-electron chi connectivity index (χ3n) is 5.90. The van der Waals surface area contributed by atoms with Crippen molar-refractivity contribution in [3.8, 4) is 0 Å². The van der Waals surface area contributed by atoms with E-state index in [1.807, 2.05) is 11.1 Å². The molecule has 3 aromatic rings. The zero-order valence-corrected chi connectivity index (χ0v) is 15.2. The Bertz CT molecular complexity index is 953. The third kappa shape index (κ3) is 3.21. The van der Waals surface area contributed by atoms with Crippen LogP contribution >= 0.6 is 0 Å². The lowest BCUT2D eigenvalue weighted by Crippen LogP contribution is -2.44. The molecule has 3 aliphatic heterocycles. The number of hydrogen-bond acceptors (Lipinski definition) is 4. The van der Waals surface area contributed by atoms with Gasteiger partial charge in [0.2, 0.25) is 0 Å². The van der Waals surface area contributed by atoms with Gasteiger partial charge in [-0.1, -0.05) is 6.07 Å². The Balaban J connectivity index is 1.34. The Morgan fingerprint density at radius 2 is 2.11 bits per heavy atom. The first-order valence-electron chi connectivity index (χ1n) is 9.61. The molecule has 0 radical (unpaired) electrons. The molecule has 6 nitrogen and oxygen atoms in total. The maximum atomic E-state index is 12.9. The van der Waals surface area contributed by atoms with E-state index in [4.69, 9.17) is 0 Å². The van der Waals surface area contributed by atoms with Gasteiger partial charge in [-0.05, 0) is 47.9 Å². The maximum Gasteiger partial charge on any atom is 0.274 e. The molecule has 0 unspecified atom stereocenters. The number of nitrogens with one attached hydrogen (secondary N) is 1. The highest BCUT2D eigenvalue weighted by molar-refractivity contribution is 5.92. The van der Waals surface area contributed by atoms with Crippen LogP contribution in [0.3, 0.4) is 0 Å². The lowest BCUT2D eigenvalue weighted by Gasteiger charge is -2.36. The summed E-state index contributed by atoms with van der Waals surface area (Å²) in [4.78, 5) is 28.9. The Kier molecular flexibility index (Phi) is 4.13. The molecule has 1 amide bonds. The highest BCUT2D eigenvalue weighted by Gasteiger charge is 2.36. The van der Waals surface area contributed by atoms with Crippen LogP contribution in [0.5, 0.6) is 0 Å². The Labute approximate surface area is 158 Å². The highest BCUT2D eigenvalue weighted by Crippen LogP contribution is 2.30. The van der Waals surface area contributed by atoms with Gasteiger partial charge in [-0.2, -0.15) is 0 Å². The van der Waals surface area contributed by atoms with Crippen LogP contribution in [0, 0.1) is 5.92 Å². The molecule has 138 valence electrons. The van der Waals surface area contributed by atoms with E-state index in [1.54, 1.807) is 18.6 Å². The minimum absolute atomic E-state index is 0.00981. The van der Waals surface area contributed by atoms with Gasteiger partial charge in [-0.3, -0.25) is 14.7 Å². The van der Waals surface area contributed by atoms with Gasteiger partial charge in [0.15, 0.2) is 0 Å². The van der Waals surface area contributed by atoms with Gasteiger partial charge < -0.3 is 9.88 Å². The van der Waals surface area contributed by atoms with Crippen molar-refractivity contribution in [1.82, 2.24) is 24.8 Å². The molecule has 6 heteroatoms. The van der Waals surface area contributed by atoms with Crippen LogP contribution < -0.4 is 0 Å². The van der Waals surface area contributed by atoms with E-state index in [0.717, 1.165) is 32.6 Å². The summed E-state index contributed by atoms with van der Waals surface area (Å²) in [6.45, 7) is 3.59. The largest absolute Gasteiger partial charge is 0.361 e. The van der Waals surface area contributed by atoms with Crippen molar-refractivity contribution < 1.29 is 4.79 Å². The number of H-pyrrole nitrogens is 1. The zero-order chi connectivity index (χ0) is 18.2. The van der Waals surface area contributed by atoms with E-state index < -0.39 is 0 Å². The molecule has 5 heterocycles. The van der Waals surface area contributed by atoms with E-state index in [-0.39, 0.29) is 5.91 Å². The minimum atomic E-state index is 0.00981. The quantitative estimate of drug-likeness (QED) is 0.779. The number of aromatic amines is 1. The SMILES string of the molecule is O=C(c1cnccn1)N1C[C@H]2CC[C@@H](C1)N(Cc1ccc3[nH]ccc3c1)C2. The molecule has 1 aromatic carbocycles. The standard InChI is InChI=1S/C21H23N5O/c27-21(20-10-22-7-8-24-20)26-13-16-1-3-18(14-26)25(12-16)11-15-2-4-19-17(9-15)5-6-23-19/h2,4-10,16,18,23H,1,3,11-14H2/t16-,18-/m0/s1. The average Bonchev–Trinajstić information content (AvgIpc) is 2.98. The molecule has 3 fully saturated rings. The molecule has 3 aliphatic rings. The number of rotatable bonds is 3. The Morgan fingerprint density at radius 1 is 1.15 bits per heavy atom. The molecule has 2 bridgehead atoms. The summed E-state index contributed by atoms with van der Waals surface area (Å²) in [5.41, 5.74) is 2.96. The summed E-state index contributed by atoms with van der Waals surface area (Å²) in [5.74, 6) is 0.538. The molecule has 27 heavy (non-hydrogen) atoms. The summed E-state index contributed by atoms with van der Waals surface area (Å²) in [6.07, 6.45) is 9.09. The van der Waals surface area contributed by atoms with Crippen LogP contribution in [0.1, 0.15) is 28.9 Å². The smallest absolute Gasteiger partial charge is 0.274 e. The predicted molar refractivity (Wildman–Crippen MR) is 103 cm³/mol. The van der Waals surface area contributed by atoms with Crippen LogP contribution in [-0.4, -0.2) is 56.3 Å². The van der Waals surface area contributed by atoms with Gasteiger partial charge in [0.1, 0.15) is 5.69 Å². The maximum absolute atomic E-state index is 12.9. The van der Waals surface area contributed by atoms with Crippen LogP contribution in [0.4, 0.5) is 0 Å². The molecule has 3 saturated heterocycles. The molecule has 0 spiro atoms. The van der Waals surface area contributed by atoms with Gasteiger partial charge >= 0.3 is 0 Å². The second kappa shape index (κ2) is 6.78. The monoisotopic (exact) mass is 361 g/mol. The first-order chi connectivity index (χ1) is 13.3. The second-order valence-corrected chi connectivity index (χ2v) is 7.73. The van der Waals surface area contributed by atoms with Gasteiger partial charge in [0.05, 0.1) is 6.20 Å². The zero-order valence-electron chi connectivity index (χ0n) is 15.2. The molecule has 1 N–H and O–H groups in total. The molecule has 2 atom stereocenters. The number of aromatic nitrogens is 3. The van der Waals surface area contributed by atoms with Crippen LogP contribution in [0.2, 0.25) is 0 Å². The Morgan fingerprint density at radius 3 is 3.00 bits per heavy atom. The molecule has 6 rings (SSSR count). The van der Waals surface area contributed by atoms with Gasteiger partial charge in [-0.25, -0.2) is 4.98 Å². The summed E-state index contributed by atoms with van der Waals surface area (Å²) >= 11 is 0. The molecular weight excluding hydrogens is 338 g/mol. The highest BCUT2D eigenvalue weighted by atomic mass is 16.2. The number of benzene rings is 1. The van der Waals surface area contributed by atoms with Crippen molar-refractivity contribution >= 4 is 16.8 Å². The number of fused-ring (bicyclic) bond motifs is 5. The average molecular weight is 361 g/mol. The van der Waals surface area contributed by atoms with E-state index in [9.17, 15) is 4.79 Å². The van der Waals surface area contributed by atoms with Crippen molar-refractivity contribution in [3.63, 3.8) is 0 Å². The summed E-state index contributed by atoms with van der Waals surface area (Å²) in [5, 5.41) is 1.26. The number of carbonyl (C=O) groups is 1. The Hall–Kier alpha value is -2.73. The first kappa shape index (κ1) is 16.4. The topological polar surface area (TPSA) is 65.1 Å². The van der Waals surface area contributed by atoms with Gasteiger partial charge in [0, 0.05) is 56.3 Å². The van der Waals surface area contributed by atoms with Crippen LogP contribution in [0.15, 0.2) is 49.1 Å². The number of hydrogen-bond donors (Lipinski definition) is 1. The number of amides is 1.